The van der Waals surface area contributed by atoms with Gasteiger partial charge in [0.2, 0.25) is 0 Å². The Hall–Kier alpha value is 0.170. The minimum absolute atomic E-state index is 0.668. The van der Waals surface area contributed by atoms with Gasteiger partial charge < -0.3 is 0 Å². The molecule has 0 radical (unpaired) electrons. The summed E-state index contributed by atoms with van der Waals surface area (Å²) < 4.78 is 1.17. The summed E-state index contributed by atoms with van der Waals surface area (Å²) in [6.07, 6.45) is 8.23. The fraction of sp³-hybridized carbons (Fsp3) is 0.500. The maximum atomic E-state index is 5.98. The molecule has 0 N–H and O–H groups in total. The average Bonchev–Trinajstić information content (AvgIpc) is 2.36. The summed E-state index contributed by atoms with van der Waals surface area (Å²) in [7, 11) is 0. The predicted octanol–water partition coefficient (Wildman–Crippen LogP) is 3.61. The van der Waals surface area contributed by atoms with Crippen molar-refractivity contribution < 1.29 is 0 Å². The van der Waals surface area contributed by atoms with Crippen LogP contribution in [0.1, 0.15) is 30.4 Å². The number of aromatic nitrogens is 1. The number of pyridine rings is 1. The Kier molecular flexibility index (Phi) is 3.09. The molecule has 3 heteroatoms. The zero-order valence-electron chi connectivity index (χ0n) is 7.32. The van der Waals surface area contributed by atoms with Crippen molar-refractivity contribution in [1.29, 1.82) is 0 Å². The molecule has 0 fully saturated rings. The van der Waals surface area contributed by atoms with Crippen molar-refractivity contribution in [3.05, 3.63) is 26.0 Å². The highest BCUT2D eigenvalue weighted by atomic mass is 127. The Labute approximate surface area is 97.0 Å². The van der Waals surface area contributed by atoms with Crippen LogP contribution in [0, 0.1) is 3.57 Å². The molecule has 1 aliphatic carbocycles. The van der Waals surface area contributed by atoms with Crippen LogP contribution in [0.25, 0.3) is 0 Å². The van der Waals surface area contributed by atoms with E-state index in [2.05, 4.69) is 27.6 Å². The third-order valence-corrected chi connectivity index (χ3v) is 4.31. The van der Waals surface area contributed by atoms with Gasteiger partial charge in [0, 0.05) is 6.20 Å². The molecule has 1 aromatic heterocycles. The number of aryl methyl sites for hydroxylation is 1. The topological polar surface area (TPSA) is 12.9 Å². The first kappa shape index (κ1) is 9.71. The zero-order valence-corrected chi connectivity index (χ0v) is 10.2. The fourth-order valence-corrected chi connectivity index (χ4v) is 2.73. The molecule has 0 aromatic carbocycles. The summed E-state index contributed by atoms with van der Waals surface area (Å²) in [6, 6.07) is 0. The van der Waals surface area contributed by atoms with Gasteiger partial charge in [-0.25, -0.2) is 4.98 Å². The quantitative estimate of drug-likeness (QED) is 0.405. The van der Waals surface area contributed by atoms with E-state index < -0.39 is 0 Å². The van der Waals surface area contributed by atoms with E-state index >= 15 is 0 Å². The van der Waals surface area contributed by atoms with E-state index in [1.807, 2.05) is 6.20 Å². The molecule has 0 saturated carbocycles. The van der Waals surface area contributed by atoms with Crippen LogP contribution in [-0.2, 0) is 12.8 Å². The van der Waals surface area contributed by atoms with Crippen LogP contribution >= 0.6 is 34.2 Å². The lowest BCUT2D eigenvalue weighted by atomic mass is 10.1. The first-order valence-electron chi connectivity index (χ1n) is 4.61. The van der Waals surface area contributed by atoms with Crippen molar-refractivity contribution in [2.75, 3.05) is 0 Å². The van der Waals surface area contributed by atoms with Crippen molar-refractivity contribution >= 4 is 34.2 Å². The zero-order chi connectivity index (χ0) is 9.26. The van der Waals surface area contributed by atoms with Crippen molar-refractivity contribution in [3.63, 3.8) is 0 Å². The van der Waals surface area contributed by atoms with E-state index in [4.69, 9.17) is 11.6 Å². The van der Waals surface area contributed by atoms with Gasteiger partial charge in [-0.2, -0.15) is 0 Å². The van der Waals surface area contributed by atoms with Crippen molar-refractivity contribution in [2.45, 2.75) is 32.1 Å². The number of hydrogen-bond donors (Lipinski definition) is 0. The number of nitrogens with zero attached hydrogens (tertiary/aromatic N) is 1. The maximum Gasteiger partial charge on any atom is 0.142 e. The van der Waals surface area contributed by atoms with Crippen LogP contribution in [0.3, 0.4) is 0 Å². The molecule has 0 amide bonds. The molecule has 0 atom stereocenters. The third kappa shape index (κ3) is 1.99. The monoisotopic (exact) mass is 307 g/mol. The Balaban J connectivity index is 2.48. The van der Waals surface area contributed by atoms with Crippen molar-refractivity contribution in [2.24, 2.45) is 0 Å². The third-order valence-electron chi connectivity index (χ3n) is 2.54. The van der Waals surface area contributed by atoms with Gasteiger partial charge in [0.1, 0.15) is 5.15 Å². The van der Waals surface area contributed by atoms with Crippen LogP contribution in [0.2, 0.25) is 5.15 Å². The van der Waals surface area contributed by atoms with Gasteiger partial charge in [-0.05, 0) is 59.4 Å². The highest BCUT2D eigenvalue weighted by Gasteiger charge is 2.13. The lowest BCUT2D eigenvalue weighted by Crippen LogP contribution is -1.97. The molecular formula is C10H11ClIN. The smallest absolute Gasteiger partial charge is 0.142 e. The Bertz CT molecular complexity index is 325. The van der Waals surface area contributed by atoms with Crippen LogP contribution in [0.4, 0.5) is 0 Å². The van der Waals surface area contributed by atoms with Crippen LogP contribution in [-0.4, -0.2) is 4.98 Å². The van der Waals surface area contributed by atoms with E-state index in [9.17, 15) is 0 Å². The van der Waals surface area contributed by atoms with Gasteiger partial charge in [-0.3, -0.25) is 0 Å². The van der Waals surface area contributed by atoms with Gasteiger partial charge in [0.25, 0.3) is 0 Å². The molecule has 0 saturated heterocycles. The first-order valence-corrected chi connectivity index (χ1v) is 6.06. The lowest BCUT2D eigenvalue weighted by molar-refractivity contribution is 0.711. The normalized spacial score (nSPS) is 16.5. The van der Waals surface area contributed by atoms with Crippen molar-refractivity contribution in [1.82, 2.24) is 4.98 Å². The summed E-state index contributed by atoms with van der Waals surface area (Å²) in [5, 5.41) is 0.668. The minimum Gasteiger partial charge on any atom is -0.243 e. The highest BCUT2D eigenvalue weighted by Crippen LogP contribution is 2.28. The molecule has 0 unspecified atom stereocenters. The standard InChI is InChI=1S/C10H11ClIN/c11-10-9(12)8-5-3-1-2-4-7(8)6-13-10/h6H,1-5H2. The molecule has 2 rings (SSSR count). The number of hydrogen-bond acceptors (Lipinski definition) is 1. The SMILES string of the molecule is Clc1ncc2c(c1I)CCCCC2. The molecule has 1 aromatic rings. The van der Waals surface area contributed by atoms with Crippen LogP contribution in [0.5, 0.6) is 0 Å². The summed E-state index contributed by atoms with van der Waals surface area (Å²) in [5.74, 6) is 0. The molecule has 1 nitrogen and oxygen atoms in total. The highest BCUT2D eigenvalue weighted by molar-refractivity contribution is 14.1. The van der Waals surface area contributed by atoms with Gasteiger partial charge in [-0.1, -0.05) is 18.0 Å². The Morgan fingerprint density at radius 2 is 2.00 bits per heavy atom. The van der Waals surface area contributed by atoms with Gasteiger partial charge in [-0.15, -0.1) is 0 Å². The maximum absolute atomic E-state index is 5.98. The van der Waals surface area contributed by atoms with Gasteiger partial charge >= 0.3 is 0 Å². The average molecular weight is 308 g/mol. The second-order valence-electron chi connectivity index (χ2n) is 3.43. The first-order chi connectivity index (χ1) is 6.29. The molecule has 0 aliphatic heterocycles. The summed E-state index contributed by atoms with van der Waals surface area (Å²) in [6.45, 7) is 0. The van der Waals surface area contributed by atoms with Gasteiger partial charge in [0.05, 0.1) is 3.57 Å². The molecule has 70 valence electrons. The summed E-state index contributed by atoms with van der Waals surface area (Å²) >= 11 is 8.29. The van der Waals surface area contributed by atoms with Crippen molar-refractivity contribution in [3.8, 4) is 0 Å². The number of halogens is 2. The number of rotatable bonds is 0. The van der Waals surface area contributed by atoms with E-state index in [1.54, 1.807) is 0 Å². The lowest BCUT2D eigenvalue weighted by Gasteiger charge is -2.07. The predicted molar refractivity (Wildman–Crippen MR) is 63.2 cm³/mol. The Morgan fingerprint density at radius 3 is 2.85 bits per heavy atom. The number of fused-ring (bicyclic) bond motifs is 1. The Morgan fingerprint density at radius 1 is 1.23 bits per heavy atom. The summed E-state index contributed by atoms with van der Waals surface area (Å²) in [5.41, 5.74) is 2.85. The minimum atomic E-state index is 0.668. The molecule has 0 spiro atoms. The van der Waals surface area contributed by atoms with Crippen LogP contribution in [0.15, 0.2) is 6.20 Å². The molecule has 0 bridgehead atoms. The van der Waals surface area contributed by atoms with Crippen LogP contribution < -0.4 is 0 Å². The molecule has 1 heterocycles. The second kappa shape index (κ2) is 4.13. The summed E-state index contributed by atoms with van der Waals surface area (Å²) in [4.78, 5) is 4.19. The fourth-order valence-electron chi connectivity index (χ4n) is 1.81. The van der Waals surface area contributed by atoms with E-state index in [-0.39, 0.29) is 0 Å². The largest absolute Gasteiger partial charge is 0.243 e. The molecule has 1 aliphatic rings. The molecular weight excluding hydrogens is 296 g/mol. The molecule has 13 heavy (non-hydrogen) atoms. The van der Waals surface area contributed by atoms with Gasteiger partial charge in [0.15, 0.2) is 0 Å². The second-order valence-corrected chi connectivity index (χ2v) is 4.86. The van der Waals surface area contributed by atoms with E-state index in [1.165, 1.54) is 46.8 Å². The van der Waals surface area contributed by atoms with E-state index in [0.717, 1.165) is 0 Å². The van der Waals surface area contributed by atoms with E-state index in [0.29, 0.717) is 5.15 Å².